The van der Waals surface area contributed by atoms with E-state index < -0.39 is 15.9 Å². The maximum Gasteiger partial charge on any atom is 0.283 e. The summed E-state index contributed by atoms with van der Waals surface area (Å²) in [4.78, 5) is 25.3. The highest BCUT2D eigenvalue weighted by Crippen LogP contribution is 2.22. The Morgan fingerprint density at radius 3 is 2.67 bits per heavy atom. The second-order valence-electron chi connectivity index (χ2n) is 6.84. The number of pyridine rings is 2. The molecule has 0 saturated heterocycles. The number of rotatable bonds is 8. The summed E-state index contributed by atoms with van der Waals surface area (Å²) in [6, 6.07) is 4.63. The van der Waals surface area contributed by atoms with Gasteiger partial charge in [-0.1, -0.05) is 43.0 Å². The SMILES string of the molecule is CCCCCS(=O)(=O)NC(=O)c1ccc2nc(C)n(Cc3cnc(Cl)cc3Cl)c2n1. The molecule has 3 aromatic heterocycles. The molecule has 8 nitrogen and oxygen atoms in total. The van der Waals surface area contributed by atoms with Crippen LogP contribution in [-0.4, -0.2) is 39.6 Å². The summed E-state index contributed by atoms with van der Waals surface area (Å²) in [5.74, 6) is -0.216. The fourth-order valence-electron chi connectivity index (χ4n) is 2.94. The average molecular weight is 470 g/mol. The molecule has 0 aromatic carbocycles. The molecule has 3 rings (SSSR count). The number of nitrogens with one attached hydrogen (secondary N) is 1. The lowest BCUT2D eigenvalue weighted by molar-refractivity contribution is 0.0977. The zero-order valence-corrected chi connectivity index (χ0v) is 18.9. The van der Waals surface area contributed by atoms with Crippen molar-refractivity contribution in [3.05, 3.63) is 51.7 Å². The van der Waals surface area contributed by atoms with Gasteiger partial charge in [-0.2, -0.15) is 0 Å². The van der Waals surface area contributed by atoms with Gasteiger partial charge in [-0.3, -0.25) is 4.79 Å². The second kappa shape index (κ2) is 9.28. The highest BCUT2D eigenvalue weighted by Gasteiger charge is 2.19. The highest BCUT2D eigenvalue weighted by molar-refractivity contribution is 7.90. The fourth-order valence-corrected chi connectivity index (χ4v) is 4.44. The smallest absolute Gasteiger partial charge is 0.283 e. The Morgan fingerprint density at radius 2 is 1.97 bits per heavy atom. The van der Waals surface area contributed by atoms with Crippen LogP contribution in [-0.2, 0) is 16.6 Å². The number of hydrogen-bond donors (Lipinski definition) is 1. The molecule has 3 aromatic rings. The van der Waals surface area contributed by atoms with Crippen molar-refractivity contribution in [1.29, 1.82) is 0 Å². The molecular formula is C19H21Cl2N5O3S. The number of unbranched alkanes of at least 4 members (excludes halogenated alkanes) is 2. The predicted molar refractivity (Wildman–Crippen MR) is 116 cm³/mol. The molecule has 30 heavy (non-hydrogen) atoms. The van der Waals surface area contributed by atoms with Gasteiger partial charge in [-0.05, 0) is 31.5 Å². The molecule has 160 valence electrons. The number of aromatic nitrogens is 4. The monoisotopic (exact) mass is 469 g/mol. The van der Waals surface area contributed by atoms with E-state index in [1.807, 2.05) is 6.92 Å². The highest BCUT2D eigenvalue weighted by atomic mass is 35.5. The minimum absolute atomic E-state index is 0.0111. The van der Waals surface area contributed by atoms with E-state index >= 15 is 0 Å². The van der Waals surface area contributed by atoms with E-state index in [9.17, 15) is 13.2 Å². The molecule has 0 radical (unpaired) electrons. The molecule has 0 atom stereocenters. The maximum absolute atomic E-state index is 12.5. The number of carbonyl (C=O) groups excluding carboxylic acids is 1. The largest absolute Gasteiger partial charge is 0.308 e. The van der Waals surface area contributed by atoms with Gasteiger partial charge in [0.25, 0.3) is 5.91 Å². The van der Waals surface area contributed by atoms with Crippen LogP contribution in [0.4, 0.5) is 0 Å². The molecule has 1 amide bonds. The number of imidazole rings is 1. The maximum atomic E-state index is 12.5. The van der Waals surface area contributed by atoms with Gasteiger partial charge in [0.05, 0.1) is 17.3 Å². The van der Waals surface area contributed by atoms with Crippen LogP contribution in [0.15, 0.2) is 24.4 Å². The lowest BCUT2D eigenvalue weighted by atomic mass is 10.2. The van der Waals surface area contributed by atoms with Crippen molar-refractivity contribution in [2.75, 3.05) is 5.75 Å². The van der Waals surface area contributed by atoms with Crippen molar-refractivity contribution in [1.82, 2.24) is 24.2 Å². The first-order valence-corrected chi connectivity index (χ1v) is 11.8. The van der Waals surface area contributed by atoms with E-state index in [1.54, 1.807) is 29.8 Å². The molecule has 0 bridgehead atoms. The standard InChI is InChI=1S/C19H21Cl2N5O3S/c1-3-4-5-8-30(28,29)25-19(27)16-7-6-15-18(24-16)26(12(2)23-15)11-13-10-22-17(21)9-14(13)20/h6-7,9-10H,3-5,8,11H2,1-2H3,(H,25,27). The molecule has 11 heteroatoms. The Kier molecular flexibility index (Phi) is 6.95. The molecule has 0 unspecified atom stereocenters. The summed E-state index contributed by atoms with van der Waals surface area (Å²) < 4.78 is 28.1. The zero-order valence-electron chi connectivity index (χ0n) is 16.5. The summed E-state index contributed by atoms with van der Waals surface area (Å²) in [6.07, 6.45) is 3.72. The molecule has 0 aliphatic rings. The van der Waals surface area contributed by atoms with Gasteiger partial charge in [0.2, 0.25) is 10.0 Å². The van der Waals surface area contributed by atoms with Crippen LogP contribution in [0, 0.1) is 6.92 Å². The van der Waals surface area contributed by atoms with Crippen molar-refractivity contribution in [2.45, 2.75) is 39.7 Å². The number of hydrogen-bond acceptors (Lipinski definition) is 6. The van der Waals surface area contributed by atoms with Crippen molar-refractivity contribution >= 4 is 50.3 Å². The second-order valence-corrected chi connectivity index (χ2v) is 9.48. The third-order valence-corrected chi connectivity index (χ3v) is 6.39. The number of fused-ring (bicyclic) bond motifs is 1. The minimum Gasteiger partial charge on any atom is -0.308 e. The number of sulfonamides is 1. The van der Waals surface area contributed by atoms with Crippen LogP contribution < -0.4 is 4.72 Å². The predicted octanol–water partition coefficient (Wildman–Crippen LogP) is 3.74. The molecule has 0 spiro atoms. The van der Waals surface area contributed by atoms with Crippen molar-refractivity contribution < 1.29 is 13.2 Å². The van der Waals surface area contributed by atoms with Gasteiger partial charge in [-0.25, -0.2) is 28.1 Å². The first kappa shape index (κ1) is 22.5. The quantitative estimate of drug-likeness (QED) is 0.397. The molecule has 0 fully saturated rings. The topological polar surface area (TPSA) is 107 Å². The van der Waals surface area contributed by atoms with E-state index in [-0.39, 0.29) is 16.6 Å². The Labute approximate surface area is 184 Å². The summed E-state index contributed by atoms with van der Waals surface area (Å²) in [5.41, 5.74) is 1.71. The third kappa shape index (κ3) is 5.27. The van der Waals surface area contributed by atoms with Crippen LogP contribution in [0.25, 0.3) is 11.2 Å². The zero-order chi connectivity index (χ0) is 21.9. The van der Waals surface area contributed by atoms with E-state index in [1.165, 1.54) is 6.07 Å². The van der Waals surface area contributed by atoms with Crippen LogP contribution >= 0.6 is 23.2 Å². The summed E-state index contributed by atoms with van der Waals surface area (Å²) >= 11 is 12.1. The summed E-state index contributed by atoms with van der Waals surface area (Å²) in [6.45, 7) is 4.10. The van der Waals surface area contributed by atoms with Gasteiger partial charge < -0.3 is 4.57 Å². The first-order valence-electron chi connectivity index (χ1n) is 9.39. The lowest BCUT2D eigenvalue weighted by Crippen LogP contribution is -2.33. The van der Waals surface area contributed by atoms with Gasteiger partial charge in [0.15, 0.2) is 5.65 Å². The number of nitrogens with zero attached hydrogens (tertiary/aromatic N) is 4. The van der Waals surface area contributed by atoms with Gasteiger partial charge in [0.1, 0.15) is 22.2 Å². The summed E-state index contributed by atoms with van der Waals surface area (Å²) in [7, 11) is -3.72. The average Bonchev–Trinajstić information content (AvgIpc) is 2.98. The van der Waals surface area contributed by atoms with Crippen molar-refractivity contribution in [2.24, 2.45) is 0 Å². The molecule has 1 N–H and O–H groups in total. The van der Waals surface area contributed by atoms with Crippen LogP contribution in [0.1, 0.15) is 48.1 Å². The van der Waals surface area contributed by atoms with Crippen LogP contribution in [0.5, 0.6) is 0 Å². The first-order chi connectivity index (χ1) is 14.2. The molecule has 0 aliphatic heterocycles. The van der Waals surface area contributed by atoms with E-state index in [0.29, 0.717) is 40.5 Å². The molecular weight excluding hydrogens is 449 g/mol. The minimum atomic E-state index is -3.72. The Bertz CT molecular complexity index is 1190. The molecule has 0 aliphatic carbocycles. The van der Waals surface area contributed by atoms with Crippen molar-refractivity contribution in [3.8, 4) is 0 Å². The Balaban J connectivity index is 1.88. The van der Waals surface area contributed by atoms with E-state index in [4.69, 9.17) is 23.2 Å². The van der Waals surface area contributed by atoms with Crippen LogP contribution in [0.3, 0.4) is 0 Å². The van der Waals surface area contributed by atoms with Crippen LogP contribution in [0.2, 0.25) is 10.2 Å². The number of halogens is 2. The Hall–Kier alpha value is -2.23. The normalized spacial score (nSPS) is 11.7. The number of amides is 1. The number of carbonyl (C=O) groups is 1. The Morgan fingerprint density at radius 1 is 1.20 bits per heavy atom. The summed E-state index contributed by atoms with van der Waals surface area (Å²) in [5, 5.41) is 0.733. The third-order valence-electron chi connectivity index (χ3n) is 4.51. The number of aryl methyl sites for hydroxylation is 1. The molecule has 0 saturated carbocycles. The van der Waals surface area contributed by atoms with E-state index in [2.05, 4.69) is 19.7 Å². The van der Waals surface area contributed by atoms with Gasteiger partial charge in [0, 0.05) is 11.8 Å². The van der Waals surface area contributed by atoms with Gasteiger partial charge >= 0.3 is 0 Å². The van der Waals surface area contributed by atoms with E-state index in [0.717, 1.165) is 12.8 Å². The fraction of sp³-hybridized carbons (Fsp3) is 0.368. The molecule has 3 heterocycles. The van der Waals surface area contributed by atoms with Gasteiger partial charge in [-0.15, -0.1) is 0 Å². The van der Waals surface area contributed by atoms with Crippen molar-refractivity contribution in [3.63, 3.8) is 0 Å². The lowest BCUT2D eigenvalue weighted by Gasteiger charge is -2.09.